The fraction of sp³-hybridized carbons (Fsp3) is 0. The minimum absolute atomic E-state index is 0.0997. The average molecular weight is 285 g/mol. The van der Waals surface area contributed by atoms with E-state index >= 15 is 0 Å². The molecule has 0 saturated carbocycles. The highest BCUT2D eigenvalue weighted by atomic mass is 79.9. The molecule has 2 rings (SSSR count). The van der Waals surface area contributed by atoms with Crippen LogP contribution in [0.4, 0.5) is 0 Å². The van der Waals surface area contributed by atoms with Crippen LogP contribution in [0.2, 0.25) is 0 Å². The molecule has 0 aliphatic rings. The van der Waals surface area contributed by atoms with Crippen LogP contribution in [0.3, 0.4) is 0 Å². The largest absolute Gasteiger partial charge is 0.508 e. The van der Waals surface area contributed by atoms with Crippen molar-refractivity contribution in [2.24, 2.45) is 0 Å². The van der Waals surface area contributed by atoms with Gasteiger partial charge in [-0.05, 0) is 28.1 Å². The number of carboxylic acid groups (broad SMARTS) is 1. The molecule has 1 heterocycles. The van der Waals surface area contributed by atoms with Gasteiger partial charge in [0.1, 0.15) is 5.75 Å². The van der Waals surface area contributed by atoms with E-state index in [0.717, 1.165) is 6.07 Å². The van der Waals surface area contributed by atoms with E-state index < -0.39 is 17.2 Å². The molecule has 0 radical (unpaired) electrons. The molecular formula is C10H5BrO5. The topological polar surface area (TPSA) is 87.7 Å². The first kappa shape index (κ1) is 10.7. The molecule has 1 aromatic carbocycles. The summed E-state index contributed by atoms with van der Waals surface area (Å²) in [6.07, 6.45) is 0. The summed E-state index contributed by atoms with van der Waals surface area (Å²) in [4.78, 5) is 22.2. The molecule has 0 bridgehead atoms. The van der Waals surface area contributed by atoms with Gasteiger partial charge >= 0.3 is 5.97 Å². The van der Waals surface area contributed by atoms with Gasteiger partial charge in [-0.15, -0.1) is 0 Å². The predicted octanol–water partition coefficient (Wildman–Crippen LogP) is 1.96. The van der Waals surface area contributed by atoms with Gasteiger partial charge in [0.05, 0.1) is 9.86 Å². The molecule has 0 amide bonds. The molecule has 0 atom stereocenters. The van der Waals surface area contributed by atoms with Crippen molar-refractivity contribution in [2.45, 2.75) is 0 Å². The lowest BCUT2D eigenvalue weighted by atomic mass is 10.2. The number of carbonyl (C=O) groups is 1. The number of phenolic OH excluding ortho intramolecular Hbond substituents is 1. The van der Waals surface area contributed by atoms with Gasteiger partial charge in [0.2, 0.25) is 5.76 Å². The summed E-state index contributed by atoms with van der Waals surface area (Å²) in [5, 5.41) is 18.1. The van der Waals surface area contributed by atoms with Gasteiger partial charge in [-0.1, -0.05) is 0 Å². The Bertz CT molecular complexity index is 643. The molecule has 2 aromatic rings. The summed E-state index contributed by atoms with van der Waals surface area (Å²) >= 11 is 3.08. The summed E-state index contributed by atoms with van der Waals surface area (Å²) in [5.41, 5.74) is -0.419. The maximum Gasteiger partial charge on any atom is 0.371 e. The van der Waals surface area contributed by atoms with Crippen LogP contribution in [0.5, 0.6) is 5.75 Å². The van der Waals surface area contributed by atoms with E-state index in [1.807, 2.05) is 0 Å². The summed E-state index contributed by atoms with van der Waals surface area (Å²) < 4.78 is 5.35. The molecule has 2 N–H and O–H groups in total. The first-order valence-corrected chi connectivity index (χ1v) is 4.98. The van der Waals surface area contributed by atoms with Gasteiger partial charge in [-0.2, -0.15) is 0 Å². The zero-order valence-corrected chi connectivity index (χ0v) is 9.32. The fourth-order valence-corrected chi connectivity index (χ4v) is 1.84. The molecule has 5 nitrogen and oxygen atoms in total. The fourth-order valence-electron chi connectivity index (χ4n) is 1.31. The van der Waals surface area contributed by atoms with Crippen LogP contribution in [0.25, 0.3) is 11.0 Å². The zero-order valence-electron chi connectivity index (χ0n) is 7.73. The number of halogens is 1. The van der Waals surface area contributed by atoms with Crippen molar-refractivity contribution in [3.05, 3.63) is 38.7 Å². The molecule has 0 fully saturated rings. The molecule has 0 aliphatic carbocycles. The van der Waals surface area contributed by atoms with E-state index in [2.05, 4.69) is 15.9 Å². The molecule has 0 aliphatic heterocycles. The van der Waals surface area contributed by atoms with Crippen molar-refractivity contribution in [1.82, 2.24) is 0 Å². The molecule has 1 aromatic heterocycles. The number of aromatic carboxylic acids is 1. The van der Waals surface area contributed by atoms with Crippen molar-refractivity contribution in [3.8, 4) is 5.75 Å². The van der Waals surface area contributed by atoms with E-state index in [1.54, 1.807) is 0 Å². The van der Waals surface area contributed by atoms with Gasteiger partial charge in [0.25, 0.3) is 0 Å². The number of hydrogen-bond acceptors (Lipinski definition) is 4. The van der Waals surface area contributed by atoms with Gasteiger partial charge in [-0.25, -0.2) is 4.79 Å². The third-order valence-corrected chi connectivity index (χ3v) is 2.57. The molecule has 82 valence electrons. The summed E-state index contributed by atoms with van der Waals surface area (Å²) in [6, 6.07) is 3.41. The SMILES string of the molecule is O=C(O)c1cc(=O)c2cc(O)cc(Br)c2o1. The number of hydrogen-bond donors (Lipinski definition) is 2. The Morgan fingerprint density at radius 3 is 2.62 bits per heavy atom. The molecule has 0 saturated heterocycles. The predicted molar refractivity (Wildman–Crippen MR) is 58.8 cm³/mol. The van der Waals surface area contributed by atoms with E-state index in [4.69, 9.17) is 9.52 Å². The normalized spacial score (nSPS) is 10.6. The summed E-state index contributed by atoms with van der Waals surface area (Å²) in [6.45, 7) is 0. The molecule has 0 spiro atoms. The smallest absolute Gasteiger partial charge is 0.371 e. The van der Waals surface area contributed by atoms with Crippen LogP contribution in [-0.4, -0.2) is 16.2 Å². The van der Waals surface area contributed by atoms with Crippen LogP contribution in [0.1, 0.15) is 10.6 Å². The number of benzene rings is 1. The number of carboxylic acids is 1. The quantitative estimate of drug-likeness (QED) is 0.836. The van der Waals surface area contributed by atoms with Crippen LogP contribution in [-0.2, 0) is 0 Å². The second-order valence-electron chi connectivity index (χ2n) is 3.08. The van der Waals surface area contributed by atoms with Gasteiger partial charge in [0.15, 0.2) is 11.0 Å². The van der Waals surface area contributed by atoms with Gasteiger partial charge in [0, 0.05) is 6.07 Å². The lowest BCUT2D eigenvalue weighted by Crippen LogP contribution is -2.06. The first-order valence-electron chi connectivity index (χ1n) is 4.18. The Balaban J connectivity index is 2.93. The Kier molecular flexibility index (Phi) is 2.43. The van der Waals surface area contributed by atoms with E-state index in [1.165, 1.54) is 12.1 Å². The Morgan fingerprint density at radius 2 is 2.00 bits per heavy atom. The van der Waals surface area contributed by atoms with Gasteiger partial charge < -0.3 is 14.6 Å². The van der Waals surface area contributed by atoms with Crippen molar-refractivity contribution in [2.75, 3.05) is 0 Å². The minimum atomic E-state index is -1.32. The highest BCUT2D eigenvalue weighted by molar-refractivity contribution is 9.10. The highest BCUT2D eigenvalue weighted by Crippen LogP contribution is 2.27. The molecule has 6 heteroatoms. The number of aromatic hydroxyl groups is 1. The molecule has 0 unspecified atom stereocenters. The maximum atomic E-state index is 11.6. The second kappa shape index (κ2) is 3.64. The third kappa shape index (κ3) is 1.67. The Morgan fingerprint density at radius 1 is 1.31 bits per heavy atom. The van der Waals surface area contributed by atoms with Crippen LogP contribution < -0.4 is 5.43 Å². The highest BCUT2D eigenvalue weighted by Gasteiger charge is 2.13. The van der Waals surface area contributed by atoms with Gasteiger partial charge in [-0.3, -0.25) is 4.79 Å². The second-order valence-corrected chi connectivity index (χ2v) is 3.94. The monoisotopic (exact) mass is 284 g/mol. The number of fused-ring (bicyclic) bond motifs is 1. The van der Waals surface area contributed by atoms with Crippen molar-refractivity contribution < 1.29 is 19.4 Å². The Labute approximate surface area is 97.1 Å². The first-order chi connectivity index (χ1) is 7.49. The maximum absolute atomic E-state index is 11.6. The lowest BCUT2D eigenvalue weighted by molar-refractivity contribution is 0.0663. The summed E-state index contributed by atoms with van der Waals surface area (Å²) in [7, 11) is 0. The number of rotatable bonds is 1. The summed E-state index contributed by atoms with van der Waals surface area (Å²) in [5.74, 6) is -1.86. The number of phenols is 1. The molecular weight excluding hydrogens is 280 g/mol. The van der Waals surface area contributed by atoms with Crippen LogP contribution >= 0.6 is 15.9 Å². The van der Waals surface area contributed by atoms with Crippen molar-refractivity contribution >= 4 is 32.9 Å². The van der Waals surface area contributed by atoms with Crippen LogP contribution in [0.15, 0.2) is 31.9 Å². The van der Waals surface area contributed by atoms with Crippen molar-refractivity contribution in [1.29, 1.82) is 0 Å². The van der Waals surface area contributed by atoms with E-state index in [9.17, 15) is 14.7 Å². The minimum Gasteiger partial charge on any atom is -0.508 e. The lowest BCUT2D eigenvalue weighted by Gasteiger charge is -2.02. The van der Waals surface area contributed by atoms with Crippen LogP contribution in [0, 0.1) is 0 Å². The van der Waals surface area contributed by atoms with E-state index in [0.29, 0.717) is 4.47 Å². The standard InChI is InChI=1S/C10H5BrO5/c11-6-2-4(12)1-5-7(13)3-8(10(14)15)16-9(5)6/h1-3,12H,(H,14,15). The average Bonchev–Trinajstić information content (AvgIpc) is 2.19. The third-order valence-electron chi connectivity index (χ3n) is 1.98. The van der Waals surface area contributed by atoms with Crippen molar-refractivity contribution in [3.63, 3.8) is 0 Å². The zero-order chi connectivity index (χ0) is 11.9. The molecule has 16 heavy (non-hydrogen) atoms. The Hall–Kier alpha value is -1.82. The van der Waals surface area contributed by atoms with E-state index in [-0.39, 0.29) is 16.7 Å².